The Morgan fingerprint density at radius 2 is 1.57 bits per heavy atom. The van der Waals surface area contributed by atoms with Crippen LogP contribution in [0.5, 0.6) is 0 Å². The zero-order valence-electron chi connectivity index (χ0n) is 15.7. The van der Waals surface area contributed by atoms with Crippen LogP contribution in [0.1, 0.15) is 23.0 Å². The van der Waals surface area contributed by atoms with Crippen molar-refractivity contribution in [2.45, 2.75) is 13.5 Å². The highest BCUT2D eigenvalue weighted by Gasteiger charge is 2.14. The Balaban J connectivity index is 1.61. The van der Waals surface area contributed by atoms with E-state index in [4.69, 9.17) is 0 Å². The fourth-order valence-electron chi connectivity index (χ4n) is 2.63. The normalized spacial score (nSPS) is 10.2. The molecule has 2 N–H and O–H groups in total. The zero-order chi connectivity index (χ0) is 19.9. The van der Waals surface area contributed by atoms with E-state index in [1.165, 1.54) is 6.92 Å². The zero-order valence-corrected chi connectivity index (χ0v) is 15.7. The standard InChI is InChI=1S/C21H21N5O2/c1-15(27)22-17-8-10-18(11-9-17)23-20-13-12-19(24-25-20)21(28)26(2)14-16-6-4-3-5-7-16/h3-13H,14H2,1-2H3,(H,22,27)(H,23,25). The minimum absolute atomic E-state index is 0.121. The second-order valence-electron chi connectivity index (χ2n) is 6.33. The molecule has 1 heterocycles. The third kappa shape index (κ3) is 5.14. The van der Waals surface area contributed by atoms with Crippen molar-refractivity contribution in [1.29, 1.82) is 0 Å². The maximum Gasteiger partial charge on any atom is 0.274 e. The van der Waals surface area contributed by atoms with Gasteiger partial charge in [-0.05, 0) is 42.0 Å². The third-order valence-electron chi connectivity index (χ3n) is 3.97. The number of nitrogens with one attached hydrogen (secondary N) is 2. The van der Waals surface area contributed by atoms with Gasteiger partial charge in [-0.1, -0.05) is 30.3 Å². The number of hydrogen-bond acceptors (Lipinski definition) is 5. The fourth-order valence-corrected chi connectivity index (χ4v) is 2.63. The van der Waals surface area contributed by atoms with Crippen LogP contribution in [0.25, 0.3) is 0 Å². The predicted octanol–water partition coefficient (Wildman–Crippen LogP) is 3.45. The lowest BCUT2D eigenvalue weighted by atomic mass is 10.2. The molecule has 7 nitrogen and oxygen atoms in total. The summed E-state index contributed by atoms with van der Waals surface area (Å²) in [4.78, 5) is 25.2. The second kappa shape index (κ2) is 8.77. The van der Waals surface area contributed by atoms with Gasteiger partial charge >= 0.3 is 0 Å². The first-order valence-corrected chi connectivity index (χ1v) is 8.79. The average molecular weight is 375 g/mol. The van der Waals surface area contributed by atoms with Crippen molar-refractivity contribution in [1.82, 2.24) is 15.1 Å². The molecule has 3 rings (SSSR count). The summed E-state index contributed by atoms with van der Waals surface area (Å²) >= 11 is 0. The van der Waals surface area contributed by atoms with Gasteiger partial charge in [0.05, 0.1) is 0 Å². The monoisotopic (exact) mass is 375 g/mol. The highest BCUT2D eigenvalue weighted by atomic mass is 16.2. The number of rotatable bonds is 6. The molecule has 0 unspecified atom stereocenters. The van der Waals surface area contributed by atoms with Gasteiger partial charge in [-0.15, -0.1) is 10.2 Å². The van der Waals surface area contributed by atoms with E-state index in [1.807, 2.05) is 42.5 Å². The number of nitrogens with zero attached hydrogens (tertiary/aromatic N) is 3. The van der Waals surface area contributed by atoms with E-state index in [9.17, 15) is 9.59 Å². The Morgan fingerprint density at radius 3 is 2.18 bits per heavy atom. The summed E-state index contributed by atoms with van der Waals surface area (Å²) < 4.78 is 0. The molecule has 2 amide bonds. The van der Waals surface area contributed by atoms with Gasteiger partial charge in [0, 0.05) is 31.9 Å². The number of benzene rings is 2. The highest BCUT2D eigenvalue weighted by molar-refractivity contribution is 5.92. The molecule has 0 aliphatic rings. The van der Waals surface area contributed by atoms with Crippen LogP contribution in [0.4, 0.5) is 17.2 Å². The van der Waals surface area contributed by atoms with E-state index >= 15 is 0 Å². The van der Waals surface area contributed by atoms with E-state index < -0.39 is 0 Å². The molecule has 2 aromatic carbocycles. The molecule has 7 heteroatoms. The first kappa shape index (κ1) is 19.0. The molecule has 0 radical (unpaired) electrons. The molecule has 28 heavy (non-hydrogen) atoms. The molecule has 0 spiro atoms. The maximum absolute atomic E-state index is 12.5. The third-order valence-corrected chi connectivity index (χ3v) is 3.97. The molecule has 0 fully saturated rings. The van der Waals surface area contributed by atoms with E-state index in [2.05, 4.69) is 20.8 Å². The van der Waals surface area contributed by atoms with E-state index in [1.54, 1.807) is 36.2 Å². The lowest BCUT2D eigenvalue weighted by Gasteiger charge is -2.16. The van der Waals surface area contributed by atoms with Gasteiger partial charge in [0.1, 0.15) is 0 Å². The van der Waals surface area contributed by atoms with Gasteiger partial charge in [0.2, 0.25) is 5.91 Å². The van der Waals surface area contributed by atoms with Crippen LogP contribution in [0, 0.1) is 0 Å². The number of carbonyl (C=O) groups is 2. The number of amides is 2. The van der Waals surface area contributed by atoms with Crippen molar-refractivity contribution < 1.29 is 9.59 Å². The van der Waals surface area contributed by atoms with Gasteiger partial charge < -0.3 is 15.5 Å². The van der Waals surface area contributed by atoms with Crippen molar-refractivity contribution in [2.24, 2.45) is 0 Å². The van der Waals surface area contributed by atoms with E-state index in [0.717, 1.165) is 11.3 Å². The van der Waals surface area contributed by atoms with Crippen LogP contribution in [0.3, 0.4) is 0 Å². The molecular weight excluding hydrogens is 354 g/mol. The van der Waals surface area contributed by atoms with Crippen LogP contribution in [0.2, 0.25) is 0 Å². The summed E-state index contributed by atoms with van der Waals surface area (Å²) in [5.41, 5.74) is 2.84. The second-order valence-corrected chi connectivity index (χ2v) is 6.33. The SMILES string of the molecule is CC(=O)Nc1ccc(Nc2ccc(C(=O)N(C)Cc3ccccc3)nn2)cc1. The smallest absolute Gasteiger partial charge is 0.274 e. The van der Waals surface area contributed by atoms with Gasteiger partial charge in [0.25, 0.3) is 5.91 Å². The van der Waals surface area contributed by atoms with Crippen molar-refractivity contribution in [3.63, 3.8) is 0 Å². The Hall–Kier alpha value is -3.74. The molecule has 0 bridgehead atoms. The Morgan fingerprint density at radius 1 is 0.893 bits per heavy atom. The van der Waals surface area contributed by atoms with Crippen molar-refractivity contribution in [3.8, 4) is 0 Å². The number of anilines is 3. The summed E-state index contributed by atoms with van der Waals surface area (Å²) in [5, 5.41) is 13.9. The van der Waals surface area contributed by atoms with Crippen LogP contribution in [-0.4, -0.2) is 34.0 Å². The molecule has 1 aromatic heterocycles. The lowest BCUT2D eigenvalue weighted by molar-refractivity contribution is -0.114. The minimum atomic E-state index is -0.192. The Bertz CT molecular complexity index is 941. The van der Waals surface area contributed by atoms with Gasteiger partial charge in [-0.2, -0.15) is 0 Å². The number of carbonyl (C=O) groups excluding carboxylic acids is 2. The lowest BCUT2D eigenvalue weighted by Crippen LogP contribution is -2.27. The van der Waals surface area contributed by atoms with Crippen molar-refractivity contribution in [2.75, 3.05) is 17.7 Å². The Labute approximate surface area is 163 Å². The van der Waals surface area contributed by atoms with Crippen LogP contribution < -0.4 is 10.6 Å². The van der Waals surface area contributed by atoms with Gasteiger partial charge in [-0.25, -0.2) is 0 Å². The first-order chi connectivity index (χ1) is 13.5. The molecule has 0 saturated carbocycles. The molecule has 0 aliphatic carbocycles. The molecular formula is C21H21N5O2. The number of aromatic nitrogens is 2. The van der Waals surface area contributed by atoms with E-state index in [-0.39, 0.29) is 17.5 Å². The van der Waals surface area contributed by atoms with Crippen LogP contribution in [-0.2, 0) is 11.3 Å². The van der Waals surface area contributed by atoms with Crippen molar-refractivity contribution >= 4 is 29.0 Å². The molecule has 142 valence electrons. The highest BCUT2D eigenvalue weighted by Crippen LogP contribution is 2.17. The first-order valence-electron chi connectivity index (χ1n) is 8.79. The largest absolute Gasteiger partial charge is 0.339 e. The fraction of sp³-hybridized carbons (Fsp3) is 0.143. The number of hydrogen-bond donors (Lipinski definition) is 2. The average Bonchev–Trinajstić information content (AvgIpc) is 2.70. The maximum atomic E-state index is 12.5. The summed E-state index contributed by atoms with van der Waals surface area (Å²) in [6.45, 7) is 1.96. The summed E-state index contributed by atoms with van der Waals surface area (Å²) in [6, 6.07) is 20.3. The van der Waals surface area contributed by atoms with Crippen LogP contribution in [0.15, 0.2) is 66.7 Å². The predicted molar refractivity (Wildman–Crippen MR) is 108 cm³/mol. The van der Waals surface area contributed by atoms with E-state index in [0.29, 0.717) is 18.1 Å². The molecule has 0 saturated heterocycles. The van der Waals surface area contributed by atoms with Crippen LogP contribution >= 0.6 is 0 Å². The Kier molecular flexibility index (Phi) is 5.96. The summed E-state index contributed by atoms with van der Waals surface area (Å²) in [6.07, 6.45) is 0. The topological polar surface area (TPSA) is 87.2 Å². The quantitative estimate of drug-likeness (QED) is 0.689. The molecule has 0 atom stereocenters. The minimum Gasteiger partial charge on any atom is -0.339 e. The summed E-state index contributed by atoms with van der Waals surface area (Å²) in [7, 11) is 1.74. The summed E-state index contributed by atoms with van der Waals surface area (Å²) in [5.74, 6) is 0.209. The van der Waals surface area contributed by atoms with Crippen molar-refractivity contribution in [3.05, 3.63) is 78.0 Å². The van der Waals surface area contributed by atoms with Gasteiger partial charge in [0.15, 0.2) is 11.5 Å². The van der Waals surface area contributed by atoms with Gasteiger partial charge in [-0.3, -0.25) is 9.59 Å². The molecule has 3 aromatic rings. The molecule has 0 aliphatic heterocycles.